The number of aryl methyl sites for hydroxylation is 1. The van der Waals surface area contributed by atoms with Gasteiger partial charge in [0.1, 0.15) is 5.75 Å². The molecule has 0 amide bonds. The van der Waals surface area contributed by atoms with Gasteiger partial charge in [-0.25, -0.2) is 0 Å². The highest BCUT2D eigenvalue weighted by Crippen LogP contribution is 2.21. The summed E-state index contributed by atoms with van der Waals surface area (Å²) >= 11 is 5.91. The lowest BCUT2D eigenvalue weighted by Gasteiger charge is -2.09. The standard InChI is InChI=1S/C17H20ClN3O.HI/c1-13-12-14(18)8-9-16(13)22-11-5-10-20-17(19)21-15-6-3-2-4-7-15;/h2-4,6-9,12H,5,10-11H2,1H3,(H3,19,20,21);1H. The number of para-hydroxylation sites is 1. The van der Waals surface area contributed by atoms with Gasteiger partial charge in [-0.2, -0.15) is 0 Å². The van der Waals surface area contributed by atoms with Crippen molar-refractivity contribution in [3.63, 3.8) is 0 Å². The molecule has 0 heterocycles. The average molecular weight is 446 g/mol. The predicted molar refractivity (Wildman–Crippen MR) is 108 cm³/mol. The maximum atomic E-state index is 5.91. The molecule has 0 unspecified atom stereocenters. The molecule has 0 saturated heterocycles. The summed E-state index contributed by atoms with van der Waals surface area (Å²) in [5, 5.41) is 3.75. The Morgan fingerprint density at radius 3 is 2.65 bits per heavy atom. The van der Waals surface area contributed by atoms with E-state index in [0.717, 1.165) is 23.4 Å². The third-order valence-electron chi connectivity index (χ3n) is 3.03. The molecule has 2 rings (SSSR count). The molecule has 0 aromatic heterocycles. The maximum Gasteiger partial charge on any atom is 0.193 e. The van der Waals surface area contributed by atoms with E-state index in [2.05, 4.69) is 10.3 Å². The van der Waals surface area contributed by atoms with E-state index in [9.17, 15) is 0 Å². The lowest BCUT2D eigenvalue weighted by Crippen LogP contribution is -2.23. The first kappa shape index (κ1) is 19.6. The number of aliphatic imine (C=N–C) groups is 1. The van der Waals surface area contributed by atoms with Crippen molar-refractivity contribution in [1.29, 1.82) is 0 Å². The fourth-order valence-electron chi connectivity index (χ4n) is 1.93. The smallest absolute Gasteiger partial charge is 0.193 e. The van der Waals surface area contributed by atoms with E-state index in [1.54, 1.807) is 0 Å². The number of nitrogens with zero attached hydrogens (tertiary/aromatic N) is 1. The van der Waals surface area contributed by atoms with Crippen molar-refractivity contribution in [2.24, 2.45) is 10.7 Å². The third-order valence-corrected chi connectivity index (χ3v) is 3.26. The van der Waals surface area contributed by atoms with Gasteiger partial charge >= 0.3 is 0 Å². The Balaban J connectivity index is 0.00000264. The number of halogens is 2. The third kappa shape index (κ3) is 7.09. The first-order valence-corrected chi connectivity index (χ1v) is 7.54. The molecule has 0 radical (unpaired) electrons. The van der Waals surface area contributed by atoms with Gasteiger partial charge in [0.2, 0.25) is 0 Å². The van der Waals surface area contributed by atoms with Gasteiger partial charge in [0, 0.05) is 23.7 Å². The number of nitrogens with two attached hydrogens (primary N) is 1. The summed E-state index contributed by atoms with van der Waals surface area (Å²) in [5.41, 5.74) is 7.78. The molecule has 6 heteroatoms. The highest BCUT2D eigenvalue weighted by Gasteiger charge is 2.00. The molecular weight excluding hydrogens is 425 g/mol. The molecular formula is C17H21ClIN3O. The number of hydrogen-bond donors (Lipinski definition) is 2. The van der Waals surface area contributed by atoms with Crippen LogP contribution in [0.3, 0.4) is 0 Å². The molecule has 0 bridgehead atoms. The summed E-state index contributed by atoms with van der Waals surface area (Å²) in [6.07, 6.45) is 0.791. The van der Waals surface area contributed by atoms with Gasteiger partial charge < -0.3 is 15.8 Å². The molecule has 23 heavy (non-hydrogen) atoms. The van der Waals surface area contributed by atoms with Crippen LogP contribution in [0.15, 0.2) is 53.5 Å². The number of benzene rings is 2. The zero-order chi connectivity index (χ0) is 15.8. The summed E-state index contributed by atoms with van der Waals surface area (Å²) in [7, 11) is 0. The topological polar surface area (TPSA) is 59.6 Å². The molecule has 2 aromatic carbocycles. The molecule has 3 N–H and O–H groups in total. The Kier molecular flexibility index (Phi) is 8.79. The van der Waals surface area contributed by atoms with Crippen molar-refractivity contribution in [3.8, 4) is 5.75 Å². The highest BCUT2D eigenvalue weighted by molar-refractivity contribution is 14.0. The Morgan fingerprint density at radius 1 is 1.22 bits per heavy atom. The molecule has 0 saturated carbocycles. The van der Waals surface area contributed by atoms with Crippen LogP contribution in [0.25, 0.3) is 0 Å². The maximum absolute atomic E-state index is 5.91. The van der Waals surface area contributed by atoms with Gasteiger partial charge in [0.05, 0.1) is 6.61 Å². The number of nitrogens with one attached hydrogen (secondary N) is 1. The van der Waals surface area contributed by atoms with Crippen molar-refractivity contribution in [2.45, 2.75) is 13.3 Å². The van der Waals surface area contributed by atoms with Crippen LogP contribution in [0.5, 0.6) is 5.75 Å². The van der Waals surface area contributed by atoms with E-state index in [0.29, 0.717) is 24.1 Å². The van der Waals surface area contributed by atoms with Crippen molar-refractivity contribution in [1.82, 2.24) is 0 Å². The van der Waals surface area contributed by atoms with Gasteiger partial charge in [0.15, 0.2) is 5.96 Å². The fourth-order valence-corrected chi connectivity index (χ4v) is 2.16. The van der Waals surface area contributed by atoms with Gasteiger partial charge in [-0.3, -0.25) is 4.99 Å². The molecule has 0 aliphatic heterocycles. The van der Waals surface area contributed by atoms with E-state index in [-0.39, 0.29) is 24.0 Å². The molecule has 0 aliphatic carbocycles. The predicted octanol–water partition coefficient (Wildman–Crippen LogP) is 4.46. The summed E-state index contributed by atoms with van der Waals surface area (Å²) in [4.78, 5) is 4.27. The van der Waals surface area contributed by atoms with Crippen LogP contribution in [0.2, 0.25) is 5.02 Å². The Labute approximate surface area is 159 Å². The minimum atomic E-state index is 0. The fraction of sp³-hybridized carbons (Fsp3) is 0.235. The molecule has 0 fully saturated rings. The number of guanidine groups is 1. The number of hydrogen-bond acceptors (Lipinski definition) is 2. The Morgan fingerprint density at radius 2 is 1.96 bits per heavy atom. The minimum absolute atomic E-state index is 0. The largest absolute Gasteiger partial charge is 0.493 e. The second-order valence-corrected chi connectivity index (χ2v) is 5.31. The van der Waals surface area contributed by atoms with E-state index in [4.69, 9.17) is 22.1 Å². The van der Waals surface area contributed by atoms with Crippen molar-refractivity contribution < 1.29 is 4.74 Å². The van der Waals surface area contributed by atoms with Crippen LogP contribution < -0.4 is 15.8 Å². The van der Waals surface area contributed by atoms with E-state index in [1.165, 1.54) is 0 Å². The Hall–Kier alpha value is -1.47. The van der Waals surface area contributed by atoms with E-state index in [1.807, 2.05) is 55.5 Å². The van der Waals surface area contributed by atoms with Crippen LogP contribution in [0, 0.1) is 6.92 Å². The minimum Gasteiger partial charge on any atom is -0.493 e. The molecule has 4 nitrogen and oxygen atoms in total. The highest BCUT2D eigenvalue weighted by atomic mass is 127. The summed E-state index contributed by atoms with van der Waals surface area (Å²) in [5.74, 6) is 1.26. The number of rotatable bonds is 6. The van der Waals surface area contributed by atoms with Crippen LogP contribution in [0.1, 0.15) is 12.0 Å². The monoisotopic (exact) mass is 445 g/mol. The zero-order valence-corrected chi connectivity index (χ0v) is 16.0. The summed E-state index contributed by atoms with van der Waals surface area (Å²) in [6.45, 7) is 3.17. The summed E-state index contributed by atoms with van der Waals surface area (Å²) < 4.78 is 5.70. The molecule has 124 valence electrons. The average Bonchev–Trinajstić information content (AvgIpc) is 2.50. The van der Waals surface area contributed by atoms with Crippen molar-refractivity contribution in [2.75, 3.05) is 18.5 Å². The van der Waals surface area contributed by atoms with Gasteiger partial charge in [-0.15, -0.1) is 24.0 Å². The first-order chi connectivity index (χ1) is 10.6. The number of anilines is 1. The quantitative estimate of drug-likeness (QED) is 0.299. The van der Waals surface area contributed by atoms with Crippen molar-refractivity contribution >= 4 is 47.2 Å². The lowest BCUT2D eigenvalue weighted by atomic mass is 10.2. The van der Waals surface area contributed by atoms with Crippen LogP contribution >= 0.6 is 35.6 Å². The SMILES string of the molecule is Cc1cc(Cl)ccc1OCCCN=C(N)Nc1ccccc1.I. The van der Waals surface area contributed by atoms with Crippen LogP contribution in [-0.2, 0) is 0 Å². The zero-order valence-electron chi connectivity index (χ0n) is 13.0. The Bertz CT molecular complexity index is 635. The van der Waals surface area contributed by atoms with Gasteiger partial charge in [0.25, 0.3) is 0 Å². The van der Waals surface area contributed by atoms with Gasteiger partial charge in [-0.1, -0.05) is 29.8 Å². The lowest BCUT2D eigenvalue weighted by molar-refractivity contribution is 0.311. The summed E-state index contributed by atoms with van der Waals surface area (Å²) in [6, 6.07) is 15.3. The second kappa shape index (κ2) is 10.3. The molecule has 0 spiro atoms. The van der Waals surface area contributed by atoms with E-state index >= 15 is 0 Å². The normalized spacial score (nSPS) is 10.8. The molecule has 2 aromatic rings. The molecule has 0 atom stereocenters. The van der Waals surface area contributed by atoms with E-state index < -0.39 is 0 Å². The van der Waals surface area contributed by atoms with Gasteiger partial charge in [-0.05, 0) is 42.8 Å². The second-order valence-electron chi connectivity index (χ2n) is 4.87. The molecule has 0 aliphatic rings. The number of ether oxygens (including phenoxy) is 1. The van der Waals surface area contributed by atoms with Crippen LogP contribution in [-0.4, -0.2) is 19.1 Å². The van der Waals surface area contributed by atoms with Crippen LogP contribution in [0.4, 0.5) is 5.69 Å². The first-order valence-electron chi connectivity index (χ1n) is 7.16. The van der Waals surface area contributed by atoms with Crippen molar-refractivity contribution in [3.05, 3.63) is 59.1 Å².